The number of hydrogen-bond acceptors (Lipinski definition) is 5. The third-order valence-electron chi connectivity index (χ3n) is 2.68. The van der Waals surface area contributed by atoms with Crippen LogP contribution in [0.5, 0.6) is 5.75 Å². The molecule has 1 aromatic rings. The molecule has 1 aromatic carbocycles. The van der Waals surface area contributed by atoms with Gasteiger partial charge in [0.15, 0.2) is 0 Å². The molecule has 6 heteroatoms. The van der Waals surface area contributed by atoms with E-state index in [9.17, 15) is 8.42 Å². The van der Waals surface area contributed by atoms with Crippen molar-refractivity contribution in [2.45, 2.75) is 6.54 Å². The topological polar surface area (TPSA) is 70.4 Å². The van der Waals surface area contributed by atoms with Gasteiger partial charge in [0.1, 0.15) is 21.7 Å². The zero-order valence-corrected chi connectivity index (χ0v) is 12.2. The van der Waals surface area contributed by atoms with Gasteiger partial charge in [0.2, 0.25) is 0 Å². The molecule has 0 fully saturated rings. The fraction of sp³-hybridized carbons (Fsp3) is 0.462. The van der Waals surface area contributed by atoms with Crippen LogP contribution in [0.4, 0.5) is 0 Å². The summed E-state index contributed by atoms with van der Waals surface area (Å²) >= 11 is 0. The Morgan fingerprint density at radius 3 is 2.63 bits per heavy atom. The van der Waals surface area contributed by atoms with Gasteiger partial charge in [0.05, 0.1) is 18.4 Å². The molecule has 0 spiro atoms. The van der Waals surface area contributed by atoms with Crippen LogP contribution in [-0.4, -0.2) is 46.0 Å². The molecular formula is C13H18N2O3S. The van der Waals surface area contributed by atoms with Gasteiger partial charge in [0.25, 0.3) is 0 Å². The van der Waals surface area contributed by atoms with Crippen LogP contribution >= 0.6 is 0 Å². The minimum Gasteiger partial charge on any atom is -0.495 e. The van der Waals surface area contributed by atoms with E-state index in [0.29, 0.717) is 24.4 Å². The first kappa shape index (κ1) is 15.5. The SMILES string of the molecule is COc1ccc(CN(C)CCS(C)(=O)=O)cc1C#N. The summed E-state index contributed by atoms with van der Waals surface area (Å²) in [5, 5.41) is 9.00. The van der Waals surface area contributed by atoms with E-state index in [1.165, 1.54) is 13.4 Å². The largest absolute Gasteiger partial charge is 0.495 e. The van der Waals surface area contributed by atoms with Crippen molar-refractivity contribution in [3.63, 3.8) is 0 Å². The van der Waals surface area contributed by atoms with Crippen LogP contribution in [0, 0.1) is 11.3 Å². The zero-order chi connectivity index (χ0) is 14.5. The first-order valence-corrected chi connectivity index (χ1v) is 7.85. The van der Waals surface area contributed by atoms with Crippen LogP contribution < -0.4 is 4.74 Å². The normalized spacial score (nSPS) is 11.3. The van der Waals surface area contributed by atoms with Crippen molar-refractivity contribution < 1.29 is 13.2 Å². The van der Waals surface area contributed by atoms with E-state index in [-0.39, 0.29) is 5.75 Å². The molecule has 0 unspecified atom stereocenters. The van der Waals surface area contributed by atoms with Crippen molar-refractivity contribution in [1.29, 1.82) is 5.26 Å². The summed E-state index contributed by atoms with van der Waals surface area (Å²) < 4.78 is 27.2. The van der Waals surface area contributed by atoms with Gasteiger partial charge < -0.3 is 9.64 Å². The molecule has 0 radical (unpaired) electrons. The Balaban J connectivity index is 2.70. The average Bonchev–Trinajstić information content (AvgIpc) is 2.35. The van der Waals surface area contributed by atoms with Crippen molar-refractivity contribution >= 4 is 9.84 Å². The average molecular weight is 282 g/mol. The first-order chi connectivity index (χ1) is 8.85. The van der Waals surface area contributed by atoms with Crippen LogP contribution in [0.1, 0.15) is 11.1 Å². The monoisotopic (exact) mass is 282 g/mol. The molecule has 0 amide bonds. The smallest absolute Gasteiger partial charge is 0.148 e. The summed E-state index contributed by atoms with van der Waals surface area (Å²) in [6.07, 6.45) is 1.22. The lowest BCUT2D eigenvalue weighted by molar-refractivity contribution is 0.346. The number of methoxy groups -OCH3 is 1. The Labute approximate surface area is 114 Å². The number of hydrogen-bond donors (Lipinski definition) is 0. The second kappa shape index (κ2) is 6.55. The maximum atomic E-state index is 11.1. The number of sulfone groups is 1. The summed E-state index contributed by atoms with van der Waals surface area (Å²) in [5.41, 5.74) is 1.44. The van der Waals surface area contributed by atoms with E-state index < -0.39 is 9.84 Å². The molecule has 0 aliphatic heterocycles. The van der Waals surface area contributed by atoms with E-state index >= 15 is 0 Å². The highest BCUT2D eigenvalue weighted by molar-refractivity contribution is 7.90. The summed E-state index contributed by atoms with van der Waals surface area (Å²) in [6.45, 7) is 1.06. The molecule has 1 rings (SSSR count). The van der Waals surface area contributed by atoms with Crippen molar-refractivity contribution in [3.8, 4) is 11.8 Å². The van der Waals surface area contributed by atoms with Gasteiger partial charge in [-0.1, -0.05) is 6.07 Å². The molecule has 0 aliphatic carbocycles. The predicted octanol–water partition coefficient (Wildman–Crippen LogP) is 1.04. The lowest BCUT2D eigenvalue weighted by Gasteiger charge is -2.16. The molecule has 0 heterocycles. The van der Waals surface area contributed by atoms with Gasteiger partial charge in [-0.05, 0) is 24.7 Å². The minimum absolute atomic E-state index is 0.130. The molecule has 5 nitrogen and oxygen atoms in total. The minimum atomic E-state index is -2.95. The van der Waals surface area contributed by atoms with Gasteiger partial charge in [-0.3, -0.25) is 0 Å². The van der Waals surface area contributed by atoms with Crippen molar-refractivity contribution in [2.24, 2.45) is 0 Å². The number of benzene rings is 1. The Morgan fingerprint density at radius 1 is 1.42 bits per heavy atom. The highest BCUT2D eigenvalue weighted by Gasteiger charge is 2.08. The van der Waals surface area contributed by atoms with E-state index in [1.54, 1.807) is 12.1 Å². The number of ether oxygens (including phenoxy) is 1. The van der Waals surface area contributed by atoms with Gasteiger partial charge >= 0.3 is 0 Å². The molecule has 0 atom stereocenters. The van der Waals surface area contributed by atoms with Crippen molar-refractivity contribution in [1.82, 2.24) is 4.90 Å². The maximum absolute atomic E-state index is 11.1. The van der Waals surface area contributed by atoms with E-state index in [0.717, 1.165) is 5.56 Å². The quantitative estimate of drug-likeness (QED) is 0.779. The predicted molar refractivity (Wildman–Crippen MR) is 73.8 cm³/mol. The van der Waals surface area contributed by atoms with Crippen molar-refractivity contribution in [2.75, 3.05) is 32.7 Å². The highest BCUT2D eigenvalue weighted by atomic mass is 32.2. The molecule has 0 saturated carbocycles. The Hall–Kier alpha value is -1.58. The Bertz CT molecular complexity index is 576. The summed E-state index contributed by atoms with van der Waals surface area (Å²) in [6, 6.07) is 7.46. The van der Waals surface area contributed by atoms with Gasteiger partial charge in [-0.25, -0.2) is 8.42 Å². The fourth-order valence-electron chi connectivity index (χ4n) is 1.65. The van der Waals surface area contributed by atoms with E-state index in [2.05, 4.69) is 6.07 Å². The molecule has 0 bridgehead atoms. The lowest BCUT2D eigenvalue weighted by Crippen LogP contribution is -2.24. The number of rotatable bonds is 6. The van der Waals surface area contributed by atoms with Gasteiger partial charge in [-0.2, -0.15) is 5.26 Å². The van der Waals surface area contributed by atoms with Crippen LogP contribution in [0.3, 0.4) is 0 Å². The molecular weight excluding hydrogens is 264 g/mol. The third kappa shape index (κ3) is 5.28. The van der Waals surface area contributed by atoms with Crippen LogP contribution in [0.15, 0.2) is 18.2 Å². The summed E-state index contributed by atoms with van der Waals surface area (Å²) in [4.78, 5) is 1.91. The molecule has 19 heavy (non-hydrogen) atoms. The van der Waals surface area contributed by atoms with Gasteiger partial charge in [0, 0.05) is 19.3 Å². The molecule has 104 valence electrons. The Kier molecular flexibility index (Phi) is 5.33. The molecule has 0 saturated heterocycles. The summed E-state index contributed by atoms with van der Waals surface area (Å²) in [5.74, 6) is 0.676. The van der Waals surface area contributed by atoms with Crippen LogP contribution in [0.2, 0.25) is 0 Å². The highest BCUT2D eigenvalue weighted by Crippen LogP contribution is 2.19. The van der Waals surface area contributed by atoms with Crippen molar-refractivity contribution in [3.05, 3.63) is 29.3 Å². The van der Waals surface area contributed by atoms with Gasteiger partial charge in [-0.15, -0.1) is 0 Å². The summed E-state index contributed by atoms with van der Waals surface area (Å²) in [7, 11) is 0.422. The Morgan fingerprint density at radius 2 is 2.11 bits per heavy atom. The lowest BCUT2D eigenvalue weighted by atomic mass is 10.1. The third-order valence-corrected chi connectivity index (χ3v) is 3.60. The van der Waals surface area contributed by atoms with E-state index in [4.69, 9.17) is 10.00 Å². The van der Waals surface area contributed by atoms with Crippen LogP contribution in [0.25, 0.3) is 0 Å². The fourth-order valence-corrected chi connectivity index (χ4v) is 2.30. The van der Waals surface area contributed by atoms with Crippen LogP contribution in [-0.2, 0) is 16.4 Å². The molecule has 0 aliphatic rings. The zero-order valence-electron chi connectivity index (χ0n) is 11.4. The maximum Gasteiger partial charge on any atom is 0.148 e. The number of nitriles is 1. The molecule has 0 aromatic heterocycles. The molecule has 0 N–H and O–H groups in total. The second-order valence-electron chi connectivity index (χ2n) is 4.51. The number of nitrogens with zero attached hydrogens (tertiary/aromatic N) is 2. The van der Waals surface area contributed by atoms with E-state index in [1.807, 2.05) is 18.0 Å². The second-order valence-corrected chi connectivity index (χ2v) is 6.77. The standard InChI is InChI=1S/C13H18N2O3S/c1-15(6-7-19(3,16)17)10-11-4-5-13(18-2)12(8-11)9-14/h4-5,8H,6-7,10H2,1-3H3. The first-order valence-electron chi connectivity index (χ1n) is 5.79.